The number of unbranched alkanes of at least 4 members (excludes halogenated alkanes) is 16. The molecular weight excluding hydrogens is 757 g/mol. The standard InChI is InChI=1S/C55H90O6/c1-4-7-10-13-16-19-22-25-27-30-33-36-39-42-45-48-54(57)60-51-52(50-59-53(56)47-44-41-38-35-32-29-24-21-18-15-12-9-6-3)61-55(58)49-46-43-40-37-34-31-28-26-23-20-17-14-11-8-5-2/h7-8,10-11,16-17,19-20,25-28,33-34,36-37,52H,4-6,9,12-15,18,21-24,29-32,35,38-51H2,1-3H3/b10-7-,11-8-,19-16-,20-17-,27-25-,28-26-,36-33-,37-34-/t52-/m0/s1. The van der Waals surface area contributed by atoms with Gasteiger partial charge in [-0.3, -0.25) is 14.4 Å². The molecule has 0 aliphatic rings. The summed E-state index contributed by atoms with van der Waals surface area (Å²) in [5, 5.41) is 0. The van der Waals surface area contributed by atoms with Gasteiger partial charge in [0.25, 0.3) is 0 Å². The van der Waals surface area contributed by atoms with E-state index in [1.54, 1.807) is 0 Å². The van der Waals surface area contributed by atoms with E-state index in [9.17, 15) is 14.4 Å². The Morgan fingerprint density at radius 2 is 0.639 bits per heavy atom. The van der Waals surface area contributed by atoms with Crippen molar-refractivity contribution in [3.63, 3.8) is 0 Å². The predicted molar refractivity (Wildman–Crippen MR) is 260 cm³/mol. The maximum Gasteiger partial charge on any atom is 0.306 e. The van der Waals surface area contributed by atoms with Crippen LogP contribution in [-0.4, -0.2) is 37.2 Å². The first kappa shape index (κ1) is 57.3. The van der Waals surface area contributed by atoms with Crippen molar-refractivity contribution in [3.8, 4) is 0 Å². The number of carbonyl (C=O) groups is 3. The molecule has 0 saturated carbocycles. The third-order valence-corrected chi connectivity index (χ3v) is 10.1. The Hall–Kier alpha value is -3.67. The van der Waals surface area contributed by atoms with Crippen LogP contribution in [0.25, 0.3) is 0 Å². The number of esters is 3. The van der Waals surface area contributed by atoms with E-state index in [4.69, 9.17) is 14.2 Å². The highest BCUT2D eigenvalue weighted by Crippen LogP contribution is 2.14. The fourth-order valence-electron chi connectivity index (χ4n) is 6.42. The molecule has 346 valence electrons. The molecule has 0 unspecified atom stereocenters. The number of hydrogen-bond acceptors (Lipinski definition) is 6. The summed E-state index contributed by atoms with van der Waals surface area (Å²) in [6, 6.07) is 0. The summed E-state index contributed by atoms with van der Waals surface area (Å²) >= 11 is 0. The molecule has 0 rings (SSSR count). The summed E-state index contributed by atoms with van der Waals surface area (Å²) in [4.78, 5) is 37.9. The van der Waals surface area contributed by atoms with Gasteiger partial charge in [-0.2, -0.15) is 0 Å². The molecule has 0 aromatic rings. The molecule has 0 aliphatic carbocycles. The van der Waals surface area contributed by atoms with Crippen molar-refractivity contribution in [1.29, 1.82) is 0 Å². The van der Waals surface area contributed by atoms with E-state index in [0.29, 0.717) is 25.7 Å². The van der Waals surface area contributed by atoms with Crippen LogP contribution in [0.3, 0.4) is 0 Å². The zero-order chi connectivity index (χ0) is 44.4. The van der Waals surface area contributed by atoms with Crippen LogP contribution in [0.15, 0.2) is 97.2 Å². The van der Waals surface area contributed by atoms with Crippen LogP contribution >= 0.6 is 0 Å². The topological polar surface area (TPSA) is 78.9 Å². The molecule has 0 saturated heterocycles. The Balaban J connectivity index is 4.53. The molecule has 0 bridgehead atoms. The molecular formula is C55H90O6. The second-order valence-electron chi connectivity index (χ2n) is 16.0. The zero-order valence-corrected chi connectivity index (χ0v) is 39.4. The Morgan fingerprint density at radius 1 is 0.344 bits per heavy atom. The lowest BCUT2D eigenvalue weighted by Gasteiger charge is -2.18. The zero-order valence-electron chi connectivity index (χ0n) is 39.4. The number of rotatable bonds is 43. The lowest BCUT2D eigenvalue weighted by atomic mass is 10.0. The summed E-state index contributed by atoms with van der Waals surface area (Å²) < 4.78 is 16.7. The average Bonchev–Trinajstić information content (AvgIpc) is 3.26. The van der Waals surface area contributed by atoms with Gasteiger partial charge in [0.05, 0.1) is 0 Å². The van der Waals surface area contributed by atoms with Crippen molar-refractivity contribution < 1.29 is 28.6 Å². The molecule has 0 spiro atoms. The van der Waals surface area contributed by atoms with Crippen molar-refractivity contribution in [1.82, 2.24) is 0 Å². The van der Waals surface area contributed by atoms with Gasteiger partial charge in [0.1, 0.15) is 13.2 Å². The van der Waals surface area contributed by atoms with Gasteiger partial charge >= 0.3 is 17.9 Å². The normalized spacial score (nSPS) is 12.9. The Morgan fingerprint density at radius 3 is 1.00 bits per heavy atom. The fraction of sp³-hybridized carbons (Fsp3) is 0.655. The maximum atomic E-state index is 12.8. The van der Waals surface area contributed by atoms with Crippen LogP contribution in [0.5, 0.6) is 0 Å². The summed E-state index contributed by atoms with van der Waals surface area (Å²) in [6.07, 6.45) is 63.9. The average molecular weight is 847 g/mol. The third kappa shape index (κ3) is 47.2. The smallest absolute Gasteiger partial charge is 0.306 e. The molecule has 61 heavy (non-hydrogen) atoms. The van der Waals surface area contributed by atoms with Gasteiger partial charge in [0, 0.05) is 19.3 Å². The van der Waals surface area contributed by atoms with E-state index in [1.165, 1.54) is 64.2 Å². The summed E-state index contributed by atoms with van der Waals surface area (Å²) in [6.45, 7) is 6.32. The largest absolute Gasteiger partial charge is 0.462 e. The first-order chi connectivity index (χ1) is 30.0. The number of hydrogen-bond donors (Lipinski definition) is 0. The number of carbonyl (C=O) groups excluding carboxylic acids is 3. The number of ether oxygens (including phenoxy) is 3. The highest BCUT2D eigenvalue weighted by molar-refractivity contribution is 5.71. The minimum atomic E-state index is -0.814. The molecule has 0 N–H and O–H groups in total. The molecule has 6 heteroatoms. The SMILES string of the molecule is CC/C=C\C/C=C\C/C=C\C/C=C\CCCCC(=O)OC[C@H](COC(=O)CCCCCCCCCCCCCCC)OC(=O)CCCC/C=C\C/C=C\C/C=C\C/C=C\CC. The summed E-state index contributed by atoms with van der Waals surface area (Å²) in [7, 11) is 0. The predicted octanol–water partition coefficient (Wildman–Crippen LogP) is 16.2. The van der Waals surface area contributed by atoms with Gasteiger partial charge in [-0.1, -0.05) is 195 Å². The highest BCUT2D eigenvalue weighted by atomic mass is 16.6. The van der Waals surface area contributed by atoms with Crippen molar-refractivity contribution in [2.75, 3.05) is 13.2 Å². The van der Waals surface area contributed by atoms with E-state index < -0.39 is 6.10 Å². The second kappa shape index (κ2) is 49.0. The third-order valence-electron chi connectivity index (χ3n) is 10.1. The molecule has 0 radical (unpaired) electrons. The summed E-state index contributed by atoms with van der Waals surface area (Å²) in [5.41, 5.74) is 0. The summed E-state index contributed by atoms with van der Waals surface area (Å²) in [5.74, 6) is -0.997. The molecule has 6 nitrogen and oxygen atoms in total. The van der Waals surface area contributed by atoms with Gasteiger partial charge in [-0.15, -0.1) is 0 Å². The Kier molecular flexibility index (Phi) is 46.0. The minimum Gasteiger partial charge on any atom is -0.462 e. The van der Waals surface area contributed by atoms with Crippen molar-refractivity contribution >= 4 is 17.9 Å². The van der Waals surface area contributed by atoms with Gasteiger partial charge < -0.3 is 14.2 Å². The quantitative estimate of drug-likeness (QED) is 0.0263. The molecule has 0 amide bonds. The van der Waals surface area contributed by atoms with E-state index in [2.05, 4.69) is 118 Å². The molecule has 1 atom stereocenters. The van der Waals surface area contributed by atoms with Crippen LogP contribution < -0.4 is 0 Å². The van der Waals surface area contributed by atoms with Gasteiger partial charge in [-0.25, -0.2) is 0 Å². The molecule has 0 heterocycles. The van der Waals surface area contributed by atoms with Gasteiger partial charge in [-0.05, 0) is 96.3 Å². The van der Waals surface area contributed by atoms with E-state index >= 15 is 0 Å². The molecule has 0 aromatic heterocycles. The van der Waals surface area contributed by atoms with E-state index in [0.717, 1.165) is 96.3 Å². The second-order valence-corrected chi connectivity index (χ2v) is 16.0. The van der Waals surface area contributed by atoms with Crippen LogP contribution in [0.1, 0.15) is 213 Å². The minimum absolute atomic E-state index is 0.107. The van der Waals surface area contributed by atoms with E-state index in [1.807, 2.05) is 0 Å². The molecule has 0 aliphatic heterocycles. The van der Waals surface area contributed by atoms with Crippen molar-refractivity contribution in [2.24, 2.45) is 0 Å². The van der Waals surface area contributed by atoms with E-state index in [-0.39, 0.29) is 37.5 Å². The monoisotopic (exact) mass is 847 g/mol. The number of allylic oxidation sites excluding steroid dienone is 16. The molecule has 0 fully saturated rings. The van der Waals surface area contributed by atoms with Crippen molar-refractivity contribution in [3.05, 3.63) is 97.2 Å². The Labute approximate surface area is 375 Å². The van der Waals surface area contributed by atoms with Crippen LogP contribution in [-0.2, 0) is 28.6 Å². The Bertz CT molecular complexity index is 1250. The van der Waals surface area contributed by atoms with Crippen LogP contribution in [0.2, 0.25) is 0 Å². The fourth-order valence-corrected chi connectivity index (χ4v) is 6.42. The van der Waals surface area contributed by atoms with Gasteiger partial charge in [0.2, 0.25) is 0 Å². The molecule has 0 aromatic carbocycles. The maximum absolute atomic E-state index is 12.8. The first-order valence-electron chi connectivity index (χ1n) is 24.7. The lowest BCUT2D eigenvalue weighted by molar-refractivity contribution is -0.167. The van der Waals surface area contributed by atoms with Crippen LogP contribution in [0, 0.1) is 0 Å². The van der Waals surface area contributed by atoms with Gasteiger partial charge in [0.15, 0.2) is 6.10 Å². The van der Waals surface area contributed by atoms with Crippen molar-refractivity contribution in [2.45, 2.75) is 219 Å². The van der Waals surface area contributed by atoms with Crippen LogP contribution in [0.4, 0.5) is 0 Å². The lowest BCUT2D eigenvalue weighted by Crippen LogP contribution is -2.30. The first-order valence-corrected chi connectivity index (χ1v) is 24.7. The highest BCUT2D eigenvalue weighted by Gasteiger charge is 2.19.